The number of nitrogens with zero attached hydrogens (tertiary/aromatic N) is 1. The minimum atomic E-state index is -1.24. The van der Waals surface area contributed by atoms with Crippen LogP contribution < -0.4 is 5.32 Å². The van der Waals surface area contributed by atoms with Gasteiger partial charge in [-0.1, -0.05) is 11.6 Å². The molecule has 0 saturated heterocycles. The zero-order valence-electron chi connectivity index (χ0n) is 13.0. The van der Waals surface area contributed by atoms with Crippen LogP contribution in [0.5, 0.6) is 0 Å². The monoisotopic (exact) mass is 354 g/mol. The number of amides is 1. The van der Waals surface area contributed by atoms with Crippen LogP contribution in [-0.4, -0.2) is 42.2 Å². The van der Waals surface area contributed by atoms with Gasteiger partial charge in [-0.05, 0) is 50.5 Å². The molecule has 1 aromatic heterocycles. The van der Waals surface area contributed by atoms with E-state index in [0.29, 0.717) is 22.2 Å². The van der Waals surface area contributed by atoms with Gasteiger partial charge in [0.15, 0.2) is 5.76 Å². The van der Waals surface area contributed by atoms with Crippen molar-refractivity contribution in [2.45, 2.75) is 10.6 Å². The maximum Gasteiger partial charge on any atom is 0.287 e. The second-order valence-corrected chi connectivity index (χ2v) is 7.16. The zero-order valence-corrected chi connectivity index (χ0v) is 14.6. The Balaban J connectivity index is 1.92. The van der Waals surface area contributed by atoms with Crippen LogP contribution in [0.1, 0.15) is 16.3 Å². The van der Waals surface area contributed by atoms with E-state index in [1.807, 2.05) is 19.0 Å². The van der Waals surface area contributed by atoms with E-state index in [9.17, 15) is 9.00 Å². The molecule has 0 fully saturated rings. The third-order valence-electron chi connectivity index (χ3n) is 3.08. The number of likely N-dealkylation sites (N-methyl/N-ethyl adjacent to an activating group) is 1. The first kappa shape index (κ1) is 17.7. The maximum absolute atomic E-state index is 12.3. The van der Waals surface area contributed by atoms with Crippen LogP contribution in [0.15, 0.2) is 45.7 Å². The molecule has 5 nitrogen and oxygen atoms in total. The normalized spacial score (nSPS) is 12.3. The lowest BCUT2D eigenvalue weighted by atomic mass is 10.4. The van der Waals surface area contributed by atoms with Crippen molar-refractivity contribution >= 4 is 28.3 Å². The Hall–Kier alpha value is -1.63. The summed E-state index contributed by atoms with van der Waals surface area (Å²) in [5.41, 5.74) is 0. The third-order valence-corrected chi connectivity index (χ3v) is 4.68. The topological polar surface area (TPSA) is 62.6 Å². The molecular formula is C16H19ClN2O3S. The molecule has 2 aromatic rings. The zero-order chi connectivity index (χ0) is 16.8. The van der Waals surface area contributed by atoms with Crippen molar-refractivity contribution in [1.82, 2.24) is 10.2 Å². The summed E-state index contributed by atoms with van der Waals surface area (Å²) in [6, 6.07) is 10.1. The number of nitrogens with one attached hydrogen (secondary N) is 1. The van der Waals surface area contributed by atoms with E-state index in [4.69, 9.17) is 16.0 Å². The van der Waals surface area contributed by atoms with Crippen LogP contribution in [0.3, 0.4) is 0 Å². The molecule has 0 saturated carbocycles. The minimum absolute atomic E-state index is 0.215. The molecular weight excluding hydrogens is 336 g/mol. The Kier molecular flexibility index (Phi) is 6.38. The van der Waals surface area contributed by atoms with Crippen molar-refractivity contribution in [2.24, 2.45) is 0 Å². The second-order valence-electron chi connectivity index (χ2n) is 5.27. The molecule has 1 amide bonds. The van der Waals surface area contributed by atoms with E-state index in [1.165, 1.54) is 0 Å². The molecule has 0 radical (unpaired) electrons. The lowest BCUT2D eigenvalue weighted by Crippen LogP contribution is -2.31. The number of hydrogen-bond acceptors (Lipinski definition) is 4. The minimum Gasteiger partial charge on any atom is -0.455 e. The SMILES string of the molecule is CN(C)CCNC(=O)c1ccc(C[S@](=O)c2ccc(Cl)cc2)o1. The van der Waals surface area contributed by atoms with E-state index in [-0.39, 0.29) is 17.4 Å². The molecule has 124 valence electrons. The molecule has 0 aliphatic rings. The fourth-order valence-electron chi connectivity index (χ4n) is 1.86. The van der Waals surface area contributed by atoms with Gasteiger partial charge in [-0.3, -0.25) is 9.00 Å². The van der Waals surface area contributed by atoms with Gasteiger partial charge in [0.1, 0.15) is 5.76 Å². The Labute approximate surface area is 143 Å². The number of furan rings is 1. The van der Waals surface area contributed by atoms with Gasteiger partial charge in [0, 0.05) is 23.0 Å². The van der Waals surface area contributed by atoms with Crippen LogP contribution in [0.2, 0.25) is 5.02 Å². The van der Waals surface area contributed by atoms with E-state index in [0.717, 1.165) is 6.54 Å². The molecule has 0 spiro atoms. The molecule has 0 aliphatic carbocycles. The Morgan fingerprint density at radius 2 is 1.91 bits per heavy atom. The van der Waals surface area contributed by atoms with Crippen molar-refractivity contribution < 1.29 is 13.4 Å². The van der Waals surface area contributed by atoms with Gasteiger partial charge in [-0.15, -0.1) is 0 Å². The summed E-state index contributed by atoms with van der Waals surface area (Å²) < 4.78 is 17.7. The molecule has 1 atom stereocenters. The Bertz CT molecular complexity index is 683. The first-order valence-electron chi connectivity index (χ1n) is 7.11. The van der Waals surface area contributed by atoms with E-state index in [2.05, 4.69) is 5.32 Å². The number of carbonyl (C=O) groups excluding carboxylic acids is 1. The van der Waals surface area contributed by atoms with Crippen molar-refractivity contribution in [3.8, 4) is 0 Å². The van der Waals surface area contributed by atoms with E-state index >= 15 is 0 Å². The van der Waals surface area contributed by atoms with Crippen LogP contribution in [0, 0.1) is 0 Å². The Morgan fingerprint density at radius 1 is 1.22 bits per heavy atom. The highest BCUT2D eigenvalue weighted by molar-refractivity contribution is 7.84. The number of rotatable bonds is 7. The van der Waals surface area contributed by atoms with Gasteiger partial charge in [0.25, 0.3) is 5.91 Å². The summed E-state index contributed by atoms with van der Waals surface area (Å²) in [7, 11) is 2.62. The van der Waals surface area contributed by atoms with E-state index < -0.39 is 10.8 Å². The lowest BCUT2D eigenvalue weighted by Gasteiger charge is -2.09. The largest absolute Gasteiger partial charge is 0.455 e. The highest BCUT2D eigenvalue weighted by Gasteiger charge is 2.13. The van der Waals surface area contributed by atoms with Crippen LogP contribution in [0.4, 0.5) is 0 Å². The van der Waals surface area contributed by atoms with E-state index in [1.54, 1.807) is 36.4 Å². The number of benzene rings is 1. The summed E-state index contributed by atoms with van der Waals surface area (Å²) in [5.74, 6) is 0.686. The van der Waals surface area contributed by atoms with Gasteiger partial charge >= 0.3 is 0 Å². The molecule has 1 N–H and O–H groups in total. The summed E-state index contributed by atoms with van der Waals surface area (Å²) in [6.07, 6.45) is 0. The van der Waals surface area contributed by atoms with Crippen molar-refractivity contribution in [3.05, 3.63) is 52.9 Å². The van der Waals surface area contributed by atoms with Gasteiger partial charge in [-0.2, -0.15) is 0 Å². The summed E-state index contributed by atoms with van der Waals surface area (Å²) in [5, 5.41) is 3.37. The van der Waals surface area contributed by atoms with Crippen molar-refractivity contribution in [1.29, 1.82) is 0 Å². The summed E-state index contributed by atoms with van der Waals surface area (Å²) >= 11 is 5.81. The van der Waals surface area contributed by atoms with Crippen molar-refractivity contribution in [3.63, 3.8) is 0 Å². The van der Waals surface area contributed by atoms with Gasteiger partial charge in [0.05, 0.1) is 16.6 Å². The quantitative estimate of drug-likeness (QED) is 0.830. The molecule has 7 heteroatoms. The summed E-state index contributed by atoms with van der Waals surface area (Å²) in [4.78, 5) is 14.6. The number of halogens is 1. The molecule has 0 aliphatic heterocycles. The molecule has 23 heavy (non-hydrogen) atoms. The van der Waals surface area contributed by atoms with Gasteiger partial charge in [-0.25, -0.2) is 0 Å². The number of hydrogen-bond donors (Lipinski definition) is 1. The fraction of sp³-hybridized carbons (Fsp3) is 0.312. The fourth-order valence-corrected chi connectivity index (χ4v) is 3.00. The first-order valence-corrected chi connectivity index (χ1v) is 8.81. The van der Waals surface area contributed by atoms with Crippen LogP contribution in [0.25, 0.3) is 0 Å². The molecule has 0 bridgehead atoms. The predicted octanol–water partition coefficient (Wildman–Crippen LogP) is 2.53. The first-order chi connectivity index (χ1) is 11.0. The predicted molar refractivity (Wildman–Crippen MR) is 91.2 cm³/mol. The molecule has 1 heterocycles. The Morgan fingerprint density at radius 3 is 2.57 bits per heavy atom. The summed E-state index contributed by atoms with van der Waals surface area (Å²) in [6.45, 7) is 1.29. The smallest absolute Gasteiger partial charge is 0.287 e. The van der Waals surface area contributed by atoms with Crippen LogP contribution in [-0.2, 0) is 16.6 Å². The number of carbonyl (C=O) groups is 1. The molecule has 0 unspecified atom stereocenters. The molecule has 2 rings (SSSR count). The standard InChI is InChI=1S/C16H19ClN2O3S/c1-19(2)10-9-18-16(20)15-8-5-13(22-15)11-23(21)14-6-3-12(17)4-7-14/h3-8H,9-11H2,1-2H3,(H,18,20)/t23-/m0/s1. The highest BCUT2D eigenvalue weighted by Crippen LogP contribution is 2.17. The maximum atomic E-state index is 12.3. The molecule has 1 aromatic carbocycles. The van der Waals surface area contributed by atoms with Crippen LogP contribution >= 0.6 is 11.6 Å². The third kappa shape index (κ3) is 5.49. The van der Waals surface area contributed by atoms with Gasteiger partial charge in [0.2, 0.25) is 0 Å². The average molecular weight is 355 g/mol. The lowest BCUT2D eigenvalue weighted by molar-refractivity contribution is 0.0922. The second kappa shape index (κ2) is 8.29. The van der Waals surface area contributed by atoms with Crippen molar-refractivity contribution in [2.75, 3.05) is 27.2 Å². The average Bonchev–Trinajstić information content (AvgIpc) is 2.96. The highest BCUT2D eigenvalue weighted by atomic mass is 35.5. The van der Waals surface area contributed by atoms with Gasteiger partial charge < -0.3 is 14.6 Å².